The van der Waals surface area contributed by atoms with Crippen molar-refractivity contribution in [3.63, 3.8) is 0 Å². The molecule has 0 spiro atoms. The summed E-state index contributed by atoms with van der Waals surface area (Å²) >= 11 is 0. The Hall–Kier alpha value is -0.510. The maximum atomic E-state index is 12.0. The van der Waals surface area contributed by atoms with Gasteiger partial charge in [0.15, 0.2) is 0 Å². The third-order valence-electron chi connectivity index (χ3n) is 4.09. The molecule has 0 saturated carbocycles. The highest BCUT2D eigenvalue weighted by atomic mass is 19.4. The third kappa shape index (κ3) is 19.5. The highest BCUT2D eigenvalue weighted by molar-refractivity contribution is 4.86. The van der Waals surface area contributed by atoms with Crippen molar-refractivity contribution in [1.29, 1.82) is 0 Å². The summed E-state index contributed by atoms with van der Waals surface area (Å²) in [6.07, 6.45) is 10.9. The molecule has 0 bridgehead atoms. The lowest BCUT2D eigenvalue weighted by atomic mass is 10.0. The summed E-state index contributed by atoms with van der Waals surface area (Å²) in [7, 11) is 0. The van der Waals surface area contributed by atoms with E-state index in [2.05, 4.69) is 26.0 Å². The van der Waals surface area contributed by atoms with Crippen molar-refractivity contribution in [3.8, 4) is 0 Å². The molecule has 144 valence electrons. The van der Waals surface area contributed by atoms with E-state index < -0.39 is 12.6 Å². The molecule has 1 nitrogen and oxygen atoms in total. The molecule has 0 aromatic carbocycles. The monoisotopic (exact) mass is 350 g/mol. The smallest absolute Gasteiger partial charge is 0.381 e. The molecule has 4 heteroatoms. The minimum atomic E-state index is -3.98. The lowest BCUT2D eigenvalue weighted by Crippen LogP contribution is -2.06. The van der Waals surface area contributed by atoms with Crippen molar-refractivity contribution in [2.45, 2.75) is 97.1 Å². The molecule has 0 aliphatic heterocycles. The molecule has 0 radical (unpaired) electrons. The van der Waals surface area contributed by atoms with Gasteiger partial charge in [-0.2, -0.15) is 13.2 Å². The lowest BCUT2D eigenvalue weighted by molar-refractivity contribution is -0.135. The zero-order valence-electron chi connectivity index (χ0n) is 15.7. The molecule has 0 aromatic heterocycles. The van der Waals surface area contributed by atoms with Crippen LogP contribution in [0.4, 0.5) is 13.2 Å². The second-order valence-corrected chi connectivity index (χ2v) is 6.79. The van der Waals surface area contributed by atoms with Gasteiger partial charge < -0.3 is 4.74 Å². The summed E-state index contributed by atoms with van der Waals surface area (Å²) < 4.78 is 41.4. The normalized spacial score (nSPS) is 13.7. The van der Waals surface area contributed by atoms with Gasteiger partial charge in [0, 0.05) is 19.6 Å². The average molecular weight is 351 g/mol. The fourth-order valence-corrected chi connectivity index (χ4v) is 2.64. The van der Waals surface area contributed by atoms with Crippen LogP contribution in [-0.4, -0.2) is 19.4 Å². The number of halogens is 3. The Labute approximate surface area is 147 Å². The van der Waals surface area contributed by atoms with Crippen molar-refractivity contribution in [3.05, 3.63) is 12.2 Å². The number of ether oxygens (including phenoxy) is 1. The number of unbranched alkanes of at least 4 members (excludes halogenated alkanes) is 7. The average Bonchev–Trinajstić information content (AvgIpc) is 2.51. The van der Waals surface area contributed by atoms with E-state index in [1.165, 1.54) is 19.3 Å². The van der Waals surface area contributed by atoms with Crippen LogP contribution in [0.2, 0.25) is 0 Å². The van der Waals surface area contributed by atoms with Gasteiger partial charge in [-0.1, -0.05) is 58.1 Å². The van der Waals surface area contributed by atoms with E-state index in [0.717, 1.165) is 51.7 Å². The van der Waals surface area contributed by atoms with Gasteiger partial charge in [0.1, 0.15) is 0 Å². The summed E-state index contributed by atoms with van der Waals surface area (Å²) in [5.41, 5.74) is 0. The van der Waals surface area contributed by atoms with Crippen molar-refractivity contribution in [2.75, 3.05) is 13.2 Å². The van der Waals surface area contributed by atoms with E-state index in [1.807, 2.05) is 0 Å². The number of alkyl halides is 3. The Balaban J connectivity index is 3.31. The minimum Gasteiger partial charge on any atom is -0.381 e. The molecule has 0 aromatic rings. The van der Waals surface area contributed by atoms with Crippen LogP contribution in [0.3, 0.4) is 0 Å². The van der Waals surface area contributed by atoms with Crippen molar-refractivity contribution >= 4 is 0 Å². The topological polar surface area (TPSA) is 9.23 Å². The van der Waals surface area contributed by atoms with Gasteiger partial charge in [-0.15, -0.1) is 0 Å². The van der Waals surface area contributed by atoms with Gasteiger partial charge in [-0.3, -0.25) is 0 Å². The van der Waals surface area contributed by atoms with E-state index in [9.17, 15) is 13.2 Å². The summed E-state index contributed by atoms with van der Waals surface area (Å²) in [5, 5.41) is 0. The first-order valence-electron chi connectivity index (χ1n) is 9.77. The Kier molecular flexibility index (Phi) is 15.6. The SMILES string of the molecule is CCCOCCCCCC(C)/C=C/CCCCCCCC(F)(F)F. The van der Waals surface area contributed by atoms with Crippen LogP contribution in [0.25, 0.3) is 0 Å². The van der Waals surface area contributed by atoms with E-state index in [4.69, 9.17) is 4.74 Å². The number of allylic oxidation sites excluding steroid dienone is 2. The van der Waals surface area contributed by atoms with Crippen LogP contribution in [0.15, 0.2) is 12.2 Å². The number of hydrogen-bond acceptors (Lipinski definition) is 1. The largest absolute Gasteiger partial charge is 0.389 e. The van der Waals surface area contributed by atoms with Gasteiger partial charge in [0.2, 0.25) is 0 Å². The van der Waals surface area contributed by atoms with Gasteiger partial charge >= 0.3 is 6.18 Å². The van der Waals surface area contributed by atoms with Gasteiger partial charge in [-0.25, -0.2) is 0 Å². The van der Waals surface area contributed by atoms with Crippen molar-refractivity contribution < 1.29 is 17.9 Å². The summed E-state index contributed by atoms with van der Waals surface area (Å²) in [6, 6.07) is 0. The molecule has 0 rings (SSSR count). The number of rotatable bonds is 16. The van der Waals surface area contributed by atoms with Crippen LogP contribution in [0, 0.1) is 5.92 Å². The van der Waals surface area contributed by atoms with Crippen LogP contribution in [0.1, 0.15) is 90.9 Å². The molecule has 0 aliphatic rings. The fraction of sp³-hybridized carbons (Fsp3) is 0.900. The van der Waals surface area contributed by atoms with E-state index >= 15 is 0 Å². The molecule has 0 amide bonds. The molecular formula is C20H37F3O. The van der Waals surface area contributed by atoms with E-state index in [1.54, 1.807) is 0 Å². The van der Waals surface area contributed by atoms with E-state index in [0.29, 0.717) is 12.3 Å². The zero-order valence-corrected chi connectivity index (χ0v) is 15.7. The van der Waals surface area contributed by atoms with Crippen LogP contribution in [0.5, 0.6) is 0 Å². The number of hydrogen-bond donors (Lipinski definition) is 0. The maximum absolute atomic E-state index is 12.0. The highest BCUT2D eigenvalue weighted by Gasteiger charge is 2.25. The van der Waals surface area contributed by atoms with Gasteiger partial charge in [-0.05, 0) is 44.4 Å². The second-order valence-electron chi connectivity index (χ2n) is 6.79. The predicted octanol–water partition coefficient (Wildman–Crippen LogP) is 7.46. The van der Waals surface area contributed by atoms with Gasteiger partial charge in [0.05, 0.1) is 0 Å². The Morgan fingerprint density at radius 3 is 2.25 bits per heavy atom. The standard InChI is InChI=1S/C20H37F3O/c1-3-17-24-18-13-9-11-15-19(2)14-10-7-5-4-6-8-12-16-20(21,22)23/h10,14,19H,3-9,11-13,15-18H2,1-2H3/b14-10+. The van der Waals surface area contributed by atoms with Crippen LogP contribution in [-0.2, 0) is 4.74 Å². The Morgan fingerprint density at radius 1 is 0.875 bits per heavy atom. The molecule has 24 heavy (non-hydrogen) atoms. The first-order chi connectivity index (χ1) is 11.5. The Morgan fingerprint density at radius 2 is 1.54 bits per heavy atom. The molecule has 1 atom stereocenters. The summed E-state index contributed by atoms with van der Waals surface area (Å²) in [5.74, 6) is 0.619. The molecule has 0 heterocycles. The third-order valence-corrected chi connectivity index (χ3v) is 4.09. The lowest BCUT2D eigenvalue weighted by Gasteiger charge is -2.07. The first-order valence-corrected chi connectivity index (χ1v) is 9.77. The predicted molar refractivity (Wildman–Crippen MR) is 96.3 cm³/mol. The Bertz CT molecular complexity index is 287. The molecular weight excluding hydrogens is 313 g/mol. The molecule has 0 N–H and O–H groups in total. The molecule has 0 saturated heterocycles. The minimum absolute atomic E-state index is 0.278. The molecule has 0 fully saturated rings. The first kappa shape index (κ1) is 23.5. The maximum Gasteiger partial charge on any atom is 0.389 e. The summed E-state index contributed by atoms with van der Waals surface area (Å²) in [6.45, 7) is 6.14. The van der Waals surface area contributed by atoms with Crippen molar-refractivity contribution in [2.24, 2.45) is 5.92 Å². The van der Waals surface area contributed by atoms with Crippen molar-refractivity contribution in [1.82, 2.24) is 0 Å². The van der Waals surface area contributed by atoms with Gasteiger partial charge in [0.25, 0.3) is 0 Å². The molecule has 0 aliphatic carbocycles. The second kappa shape index (κ2) is 16.0. The van der Waals surface area contributed by atoms with Crippen LogP contribution < -0.4 is 0 Å². The van der Waals surface area contributed by atoms with Crippen LogP contribution >= 0.6 is 0 Å². The highest BCUT2D eigenvalue weighted by Crippen LogP contribution is 2.23. The quantitative estimate of drug-likeness (QED) is 0.207. The molecule has 1 unspecified atom stereocenters. The van der Waals surface area contributed by atoms with E-state index in [-0.39, 0.29) is 6.42 Å². The zero-order chi connectivity index (χ0) is 18.1. The summed E-state index contributed by atoms with van der Waals surface area (Å²) in [4.78, 5) is 0. The fourth-order valence-electron chi connectivity index (χ4n) is 2.64.